The van der Waals surface area contributed by atoms with Crippen molar-refractivity contribution < 1.29 is 27.8 Å². The minimum atomic E-state index is -0.676. The van der Waals surface area contributed by atoms with Gasteiger partial charge in [-0.3, -0.25) is 14.6 Å². The zero-order chi connectivity index (χ0) is 24.5. The van der Waals surface area contributed by atoms with Crippen LogP contribution in [0.5, 0.6) is 11.5 Å². The maximum Gasteiger partial charge on any atom is 0.256 e. The maximum atomic E-state index is 14.7. The van der Waals surface area contributed by atoms with Crippen LogP contribution < -0.4 is 9.47 Å². The number of nitrogens with zero attached hydrogens (tertiary/aromatic N) is 2. The Labute approximate surface area is 201 Å². The minimum absolute atomic E-state index is 0.00800. The first-order valence-corrected chi connectivity index (χ1v) is 11.6. The van der Waals surface area contributed by atoms with Gasteiger partial charge in [0.1, 0.15) is 18.2 Å². The third-order valence-electron chi connectivity index (χ3n) is 6.34. The summed E-state index contributed by atoms with van der Waals surface area (Å²) in [5.74, 6) is -1.25. The fourth-order valence-electron chi connectivity index (χ4n) is 4.45. The zero-order valence-corrected chi connectivity index (χ0v) is 19.2. The van der Waals surface area contributed by atoms with E-state index in [0.29, 0.717) is 24.4 Å². The maximum absolute atomic E-state index is 14.7. The van der Waals surface area contributed by atoms with Gasteiger partial charge in [0.2, 0.25) is 0 Å². The van der Waals surface area contributed by atoms with E-state index < -0.39 is 17.5 Å². The molecular weight excluding hydrogens is 454 g/mol. The largest absolute Gasteiger partial charge is 0.490 e. The number of aromatic nitrogens is 1. The predicted octanol–water partition coefficient (Wildman–Crippen LogP) is 4.24. The average molecular weight is 478 g/mol. The Morgan fingerprint density at radius 1 is 1.17 bits per heavy atom. The van der Waals surface area contributed by atoms with E-state index in [1.807, 2.05) is 19.1 Å². The Kier molecular flexibility index (Phi) is 6.19. The topological polar surface area (TPSA) is 68.7 Å². The number of ether oxygens (including phenoxy) is 2. The van der Waals surface area contributed by atoms with Crippen molar-refractivity contribution in [1.82, 2.24) is 9.88 Å². The third-order valence-corrected chi connectivity index (χ3v) is 6.34. The Bertz CT molecular complexity index is 1300. The Balaban J connectivity index is 1.18. The van der Waals surface area contributed by atoms with Crippen molar-refractivity contribution in [2.24, 2.45) is 5.92 Å². The summed E-state index contributed by atoms with van der Waals surface area (Å²) in [6.07, 6.45) is 2.59. The molecule has 0 bridgehead atoms. The molecule has 180 valence electrons. The van der Waals surface area contributed by atoms with Crippen molar-refractivity contribution in [1.29, 1.82) is 0 Å². The summed E-state index contributed by atoms with van der Waals surface area (Å²) in [6, 6.07) is 11.1. The van der Waals surface area contributed by atoms with Crippen LogP contribution in [0.3, 0.4) is 0 Å². The lowest BCUT2D eigenvalue weighted by Crippen LogP contribution is -2.52. The molecule has 3 aromatic rings. The smallest absolute Gasteiger partial charge is 0.256 e. The average Bonchev–Trinajstić information content (AvgIpc) is 2.83. The second kappa shape index (κ2) is 9.44. The van der Waals surface area contributed by atoms with Crippen LogP contribution in [0.4, 0.5) is 8.78 Å². The number of amides is 1. The molecule has 8 heteroatoms. The Morgan fingerprint density at radius 2 is 2.00 bits per heavy atom. The van der Waals surface area contributed by atoms with Crippen LogP contribution in [-0.4, -0.2) is 47.9 Å². The molecule has 2 aromatic carbocycles. The second-order valence-electron chi connectivity index (χ2n) is 8.83. The number of hydrogen-bond acceptors (Lipinski definition) is 5. The van der Waals surface area contributed by atoms with Crippen molar-refractivity contribution in [3.8, 4) is 22.6 Å². The van der Waals surface area contributed by atoms with E-state index in [1.165, 1.54) is 17.0 Å². The lowest BCUT2D eigenvalue weighted by atomic mass is 9.97. The molecular formula is C27H24F2N2O4. The van der Waals surface area contributed by atoms with E-state index in [-0.39, 0.29) is 42.6 Å². The molecule has 35 heavy (non-hydrogen) atoms. The molecule has 0 atom stereocenters. The molecule has 0 N–H and O–H groups in total. The summed E-state index contributed by atoms with van der Waals surface area (Å²) < 4.78 is 40.1. The van der Waals surface area contributed by atoms with Gasteiger partial charge < -0.3 is 14.4 Å². The molecule has 1 fully saturated rings. The molecule has 2 aliphatic heterocycles. The first-order chi connectivity index (χ1) is 16.9. The van der Waals surface area contributed by atoms with Crippen LogP contribution in [0.25, 0.3) is 11.1 Å². The first-order valence-electron chi connectivity index (χ1n) is 11.6. The number of ketones is 1. The summed E-state index contributed by atoms with van der Waals surface area (Å²) >= 11 is 0. The van der Waals surface area contributed by atoms with E-state index >= 15 is 0 Å². The van der Waals surface area contributed by atoms with Crippen LogP contribution in [0.1, 0.15) is 28.5 Å². The number of hydrogen-bond donors (Lipinski definition) is 0. The van der Waals surface area contributed by atoms with Gasteiger partial charge in [-0.25, -0.2) is 8.78 Å². The first kappa shape index (κ1) is 23.0. The Morgan fingerprint density at radius 3 is 2.77 bits per heavy atom. The highest BCUT2D eigenvalue weighted by Crippen LogP contribution is 2.30. The highest BCUT2D eigenvalue weighted by Gasteiger charge is 2.34. The van der Waals surface area contributed by atoms with Crippen molar-refractivity contribution in [3.63, 3.8) is 0 Å². The molecule has 0 radical (unpaired) electrons. The minimum Gasteiger partial charge on any atom is -0.490 e. The van der Waals surface area contributed by atoms with Crippen LogP contribution in [0.15, 0.2) is 48.7 Å². The van der Waals surface area contributed by atoms with Gasteiger partial charge in [0.25, 0.3) is 5.91 Å². The fourth-order valence-corrected chi connectivity index (χ4v) is 4.45. The fraction of sp³-hybridized carbons (Fsp3) is 0.296. The third kappa shape index (κ3) is 4.60. The van der Waals surface area contributed by atoms with Gasteiger partial charge in [-0.05, 0) is 36.2 Å². The lowest BCUT2D eigenvalue weighted by Gasteiger charge is -2.39. The summed E-state index contributed by atoms with van der Waals surface area (Å²) in [6.45, 7) is 2.91. The monoisotopic (exact) mass is 478 g/mol. The molecule has 3 heterocycles. The highest BCUT2D eigenvalue weighted by molar-refractivity contribution is 5.96. The van der Waals surface area contributed by atoms with Gasteiger partial charge in [0.15, 0.2) is 17.3 Å². The molecule has 5 rings (SSSR count). The van der Waals surface area contributed by atoms with Crippen LogP contribution in [-0.2, 0) is 17.6 Å². The second-order valence-corrected chi connectivity index (χ2v) is 8.83. The van der Waals surface area contributed by atoms with Gasteiger partial charge in [0, 0.05) is 54.5 Å². The standard InChI is InChI=1S/C27H24F2N2O4/c1-2-24-20(4-3-7-30-24)17-5-6-25(23(29)10-17)34-14-16-12-31(13-16)27(33)21-9-18-8-19(32)15-35-26(18)11-22(21)28/h3-7,9-11,16H,2,8,12-15H2,1H3. The quantitative estimate of drug-likeness (QED) is 0.530. The molecule has 0 saturated carbocycles. The van der Waals surface area contributed by atoms with Gasteiger partial charge in [-0.15, -0.1) is 0 Å². The van der Waals surface area contributed by atoms with Crippen molar-refractivity contribution >= 4 is 11.7 Å². The molecule has 6 nitrogen and oxygen atoms in total. The van der Waals surface area contributed by atoms with Gasteiger partial charge in [-0.1, -0.05) is 19.1 Å². The van der Waals surface area contributed by atoms with Crippen LogP contribution >= 0.6 is 0 Å². The molecule has 1 aromatic heterocycles. The summed E-state index contributed by atoms with van der Waals surface area (Å²) in [4.78, 5) is 30.2. The van der Waals surface area contributed by atoms with Crippen molar-refractivity contribution in [3.05, 3.63) is 77.1 Å². The predicted molar refractivity (Wildman–Crippen MR) is 125 cm³/mol. The van der Waals surface area contributed by atoms with Gasteiger partial charge in [0.05, 0.1) is 12.2 Å². The van der Waals surface area contributed by atoms with Gasteiger partial charge >= 0.3 is 0 Å². The number of benzene rings is 2. The van der Waals surface area contributed by atoms with Gasteiger partial charge in [-0.2, -0.15) is 0 Å². The molecule has 0 aliphatic carbocycles. The summed E-state index contributed by atoms with van der Waals surface area (Å²) in [5.41, 5.74) is 2.96. The SMILES string of the molecule is CCc1ncccc1-c1ccc(OCC2CN(C(=O)c3cc4c(cc3F)OCC(=O)C4)C2)c(F)c1. The number of Topliss-reactive ketones (excluding diaryl/α,β-unsaturated/α-hetero) is 1. The number of likely N-dealkylation sites (tertiary alicyclic amines) is 1. The van der Waals surface area contributed by atoms with Crippen LogP contribution in [0.2, 0.25) is 0 Å². The lowest BCUT2D eigenvalue weighted by molar-refractivity contribution is -0.121. The number of halogens is 2. The highest BCUT2D eigenvalue weighted by atomic mass is 19.1. The molecule has 2 aliphatic rings. The number of carbonyl (C=O) groups excluding carboxylic acids is 2. The van der Waals surface area contributed by atoms with Crippen molar-refractivity contribution in [2.45, 2.75) is 19.8 Å². The number of carbonyl (C=O) groups is 2. The van der Waals surface area contributed by atoms with E-state index in [4.69, 9.17) is 9.47 Å². The summed E-state index contributed by atoms with van der Waals surface area (Å²) in [5, 5.41) is 0. The van der Waals surface area contributed by atoms with E-state index in [1.54, 1.807) is 18.3 Å². The molecule has 1 saturated heterocycles. The van der Waals surface area contributed by atoms with Crippen molar-refractivity contribution in [2.75, 3.05) is 26.3 Å². The van der Waals surface area contributed by atoms with Crippen LogP contribution in [0, 0.1) is 17.6 Å². The number of aryl methyl sites for hydroxylation is 1. The Hall–Kier alpha value is -3.81. The number of rotatable bonds is 6. The molecule has 1 amide bonds. The van der Waals surface area contributed by atoms with E-state index in [0.717, 1.165) is 29.3 Å². The number of fused-ring (bicyclic) bond motifs is 1. The summed E-state index contributed by atoms with van der Waals surface area (Å²) in [7, 11) is 0. The zero-order valence-electron chi connectivity index (χ0n) is 19.2. The van der Waals surface area contributed by atoms with E-state index in [2.05, 4.69) is 4.98 Å². The molecule has 0 spiro atoms. The normalized spacial score (nSPS) is 15.3. The number of pyridine rings is 1. The molecule has 0 unspecified atom stereocenters. The van der Waals surface area contributed by atoms with E-state index in [9.17, 15) is 18.4 Å².